The van der Waals surface area contributed by atoms with E-state index in [1.54, 1.807) is 18.0 Å². The smallest absolute Gasteiger partial charge is 0.310 e. The van der Waals surface area contributed by atoms with Crippen LogP contribution in [0.1, 0.15) is 27.6 Å². The fourth-order valence-electron chi connectivity index (χ4n) is 2.26. The van der Waals surface area contributed by atoms with Gasteiger partial charge in [-0.3, -0.25) is 4.79 Å². The van der Waals surface area contributed by atoms with E-state index in [1.807, 2.05) is 12.1 Å². The highest BCUT2D eigenvalue weighted by Gasteiger charge is 2.24. The first-order valence-corrected chi connectivity index (χ1v) is 6.02. The molecule has 1 aliphatic rings. The van der Waals surface area contributed by atoms with Crippen LogP contribution in [0.3, 0.4) is 0 Å². The van der Waals surface area contributed by atoms with Crippen molar-refractivity contribution in [3.63, 3.8) is 0 Å². The molecule has 3 rings (SSSR count). The van der Waals surface area contributed by atoms with E-state index in [2.05, 4.69) is 17.1 Å². The number of hydrogen-bond donors (Lipinski definition) is 0. The molecule has 18 heavy (non-hydrogen) atoms. The second-order valence-electron chi connectivity index (χ2n) is 4.52. The summed E-state index contributed by atoms with van der Waals surface area (Å²) in [4.78, 5) is 18.0. The van der Waals surface area contributed by atoms with Crippen molar-refractivity contribution in [1.29, 1.82) is 0 Å². The molecule has 0 unspecified atom stereocenters. The van der Waals surface area contributed by atoms with Crippen LogP contribution >= 0.6 is 0 Å². The Kier molecular flexibility index (Phi) is 2.63. The van der Waals surface area contributed by atoms with Crippen molar-refractivity contribution >= 4 is 5.91 Å². The summed E-state index contributed by atoms with van der Waals surface area (Å²) >= 11 is 0. The van der Waals surface area contributed by atoms with E-state index in [4.69, 9.17) is 4.42 Å². The van der Waals surface area contributed by atoms with Gasteiger partial charge in [0.2, 0.25) is 0 Å². The molecule has 0 aliphatic carbocycles. The van der Waals surface area contributed by atoms with Crippen LogP contribution in [0.5, 0.6) is 0 Å². The molecule has 0 saturated carbocycles. The van der Waals surface area contributed by atoms with Gasteiger partial charge in [0, 0.05) is 13.1 Å². The molecule has 1 aromatic heterocycles. The molecule has 0 spiro atoms. The van der Waals surface area contributed by atoms with Gasteiger partial charge in [-0.05, 0) is 24.5 Å². The Morgan fingerprint density at radius 3 is 2.83 bits per heavy atom. The Morgan fingerprint density at radius 1 is 1.33 bits per heavy atom. The summed E-state index contributed by atoms with van der Waals surface area (Å²) in [6.45, 7) is 3.14. The Balaban J connectivity index is 1.82. The second kappa shape index (κ2) is 4.29. The normalized spacial score (nSPS) is 14.4. The molecular weight excluding hydrogens is 228 g/mol. The highest BCUT2D eigenvalue weighted by Crippen LogP contribution is 2.20. The molecule has 0 fully saturated rings. The van der Waals surface area contributed by atoms with Crippen molar-refractivity contribution in [2.45, 2.75) is 19.9 Å². The predicted octanol–water partition coefficient (Wildman–Crippen LogP) is 2.18. The molecular formula is C14H14N2O2. The summed E-state index contributed by atoms with van der Waals surface area (Å²) in [5.74, 6) is 0.722. The molecule has 1 amide bonds. The number of fused-ring (bicyclic) bond motifs is 1. The second-order valence-corrected chi connectivity index (χ2v) is 4.52. The molecule has 0 N–H and O–H groups in total. The number of nitrogens with zero attached hydrogens (tertiary/aromatic N) is 2. The Morgan fingerprint density at radius 2 is 2.11 bits per heavy atom. The third kappa shape index (κ3) is 1.90. The number of aromatic nitrogens is 1. The molecule has 0 atom stereocenters. The van der Waals surface area contributed by atoms with E-state index in [-0.39, 0.29) is 11.8 Å². The van der Waals surface area contributed by atoms with Crippen molar-refractivity contribution in [3.05, 3.63) is 53.2 Å². The number of benzene rings is 1. The number of carbonyl (C=O) groups excluding carboxylic acids is 1. The maximum atomic E-state index is 12.2. The Bertz CT molecular complexity index is 589. The lowest BCUT2D eigenvalue weighted by Gasteiger charge is -2.27. The third-order valence-electron chi connectivity index (χ3n) is 3.22. The minimum Gasteiger partial charge on any atom is -0.438 e. The quantitative estimate of drug-likeness (QED) is 0.770. The van der Waals surface area contributed by atoms with Crippen LogP contribution in [0.2, 0.25) is 0 Å². The van der Waals surface area contributed by atoms with Crippen molar-refractivity contribution in [2.75, 3.05) is 6.54 Å². The zero-order chi connectivity index (χ0) is 12.5. The summed E-state index contributed by atoms with van der Waals surface area (Å²) < 4.78 is 5.28. The molecule has 0 saturated heterocycles. The van der Waals surface area contributed by atoms with Crippen LogP contribution in [0, 0.1) is 6.92 Å². The molecule has 1 aliphatic heterocycles. The summed E-state index contributed by atoms with van der Waals surface area (Å²) in [6, 6.07) is 8.22. The van der Waals surface area contributed by atoms with Gasteiger partial charge in [-0.1, -0.05) is 24.3 Å². The van der Waals surface area contributed by atoms with E-state index in [1.165, 1.54) is 11.1 Å². The largest absolute Gasteiger partial charge is 0.438 e. The summed E-state index contributed by atoms with van der Waals surface area (Å²) in [5, 5.41) is 0. The van der Waals surface area contributed by atoms with Gasteiger partial charge in [-0.25, -0.2) is 4.98 Å². The van der Waals surface area contributed by atoms with Crippen molar-refractivity contribution in [2.24, 2.45) is 0 Å². The molecule has 1 aromatic carbocycles. The average molecular weight is 242 g/mol. The Hall–Kier alpha value is -2.10. The standard InChI is InChI=1S/C14H14N2O2/c1-10-8-15-13(18-10)14(17)16-7-6-11-4-2-3-5-12(11)9-16/h2-5,8H,6-7,9H2,1H3. The van der Waals surface area contributed by atoms with Crippen LogP contribution in [-0.2, 0) is 13.0 Å². The highest BCUT2D eigenvalue weighted by atomic mass is 16.4. The van der Waals surface area contributed by atoms with Crippen LogP contribution in [-0.4, -0.2) is 22.3 Å². The van der Waals surface area contributed by atoms with Gasteiger partial charge >= 0.3 is 5.91 Å². The minimum atomic E-state index is -0.127. The summed E-state index contributed by atoms with van der Waals surface area (Å²) in [6.07, 6.45) is 2.47. The molecule has 92 valence electrons. The first-order valence-electron chi connectivity index (χ1n) is 6.02. The minimum absolute atomic E-state index is 0.127. The fourth-order valence-corrected chi connectivity index (χ4v) is 2.26. The van der Waals surface area contributed by atoms with Crippen molar-refractivity contribution < 1.29 is 9.21 Å². The van der Waals surface area contributed by atoms with Gasteiger partial charge in [0.25, 0.3) is 5.89 Å². The van der Waals surface area contributed by atoms with Gasteiger partial charge in [0.15, 0.2) is 0 Å². The van der Waals surface area contributed by atoms with E-state index in [9.17, 15) is 4.79 Å². The van der Waals surface area contributed by atoms with E-state index >= 15 is 0 Å². The van der Waals surface area contributed by atoms with Gasteiger partial charge in [0.1, 0.15) is 5.76 Å². The maximum absolute atomic E-state index is 12.2. The van der Waals surface area contributed by atoms with Crippen LogP contribution < -0.4 is 0 Å². The van der Waals surface area contributed by atoms with Crippen LogP contribution in [0.4, 0.5) is 0 Å². The van der Waals surface area contributed by atoms with Gasteiger partial charge in [-0.15, -0.1) is 0 Å². The number of oxazole rings is 1. The third-order valence-corrected chi connectivity index (χ3v) is 3.22. The topological polar surface area (TPSA) is 46.3 Å². The zero-order valence-electron chi connectivity index (χ0n) is 10.2. The molecule has 2 heterocycles. The SMILES string of the molecule is Cc1cnc(C(=O)N2CCc3ccccc3C2)o1. The van der Waals surface area contributed by atoms with Crippen LogP contribution in [0.15, 0.2) is 34.9 Å². The monoisotopic (exact) mass is 242 g/mol. The van der Waals surface area contributed by atoms with Gasteiger partial charge in [-0.2, -0.15) is 0 Å². The molecule has 4 heteroatoms. The number of hydrogen-bond acceptors (Lipinski definition) is 3. The summed E-state index contributed by atoms with van der Waals surface area (Å²) in [7, 11) is 0. The average Bonchev–Trinajstić information content (AvgIpc) is 2.84. The van der Waals surface area contributed by atoms with E-state index < -0.39 is 0 Å². The predicted molar refractivity (Wildman–Crippen MR) is 66.1 cm³/mol. The van der Waals surface area contributed by atoms with E-state index in [0.29, 0.717) is 12.3 Å². The highest BCUT2D eigenvalue weighted by molar-refractivity contribution is 5.89. The molecule has 4 nitrogen and oxygen atoms in total. The van der Waals surface area contributed by atoms with E-state index in [0.717, 1.165) is 13.0 Å². The Labute approximate surface area is 105 Å². The first kappa shape index (κ1) is 11.0. The number of rotatable bonds is 1. The lowest BCUT2D eigenvalue weighted by atomic mass is 10.00. The number of amides is 1. The summed E-state index contributed by atoms with van der Waals surface area (Å²) in [5.41, 5.74) is 2.53. The fraction of sp³-hybridized carbons (Fsp3) is 0.286. The molecule has 0 radical (unpaired) electrons. The van der Waals surface area contributed by atoms with Crippen molar-refractivity contribution in [3.8, 4) is 0 Å². The number of aryl methyl sites for hydroxylation is 1. The lowest BCUT2D eigenvalue weighted by molar-refractivity contribution is 0.0693. The lowest BCUT2D eigenvalue weighted by Crippen LogP contribution is -2.36. The maximum Gasteiger partial charge on any atom is 0.310 e. The zero-order valence-corrected chi connectivity index (χ0v) is 10.2. The van der Waals surface area contributed by atoms with Gasteiger partial charge < -0.3 is 9.32 Å². The number of carbonyl (C=O) groups is 1. The first-order chi connectivity index (χ1) is 8.74. The van der Waals surface area contributed by atoms with Gasteiger partial charge in [0.05, 0.1) is 6.20 Å². The molecule has 2 aromatic rings. The van der Waals surface area contributed by atoms with Crippen LogP contribution in [0.25, 0.3) is 0 Å². The molecule has 0 bridgehead atoms. The van der Waals surface area contributed by atoms with Crippen molar-refractivity contribution in [1.82, 2.24) is 9.88 Å².